The first-order valence-corrected chi connectivity index (χ1v) is 11.7. The number of nitrogens with one attached hydrogen (secondary N) is 2. The number of piperidine rings is 2. The van der Waals surface area contributed by atoms with E-state index in [1.807, 2.05) is 30.3 Å². The second kappa shape index (κ2) is 10.0. The van der Waals surface area contributed by atoms with Gasteiger partial charge in [0.05, 0.1) is 16.9 Å². The van der Waals surface area contributed by atoms with Crippen LogP contribution in [0.2, 0.25) is 0 Å². The molecule has 0 aliphatic carbocycles. The van der Waals surface area contributed by atoms with Crippen LogP contribution in [-0.4, -0.2) is 54.1 Å². The molecular formula is C25H31Cl2N5O2. The first-order chi connectivity index (χ1) is 15.7. The topological polar surface area (TPSA) is 73.6 Å². The van der Waals surface area contributed by atoms with Gasteiger partial charge in [0.2, 0.25) is 0 Å². The van der Waals surface area contributed by atoms with Crippen molar-refractivity contribution in [1.29, 1.82) is 0 Å². The summed E-state index contributed by atoms with van der Waals surface area (Å²) in [5.41, 5.74) is 3.96. The molecule has 3 aliphatic rings. The largest absolute Gasteiger partial charge is 0.423 e. The molecule has 0 spiro atoms. The summed E-state index contributed by atoms with van der Waals surface area (Å²) in [6, 6.07) is 15.7. The molecule has 2 unspecified atom stereocenters. The number of fused-ring (bicyclic) bond motifs is 4. The predicted octanol–water partition coefficient (Wildman–Crippen LogP) is 4.98. The summed E-state index contributed by atoms with van der Waals surface area (Å²) in [5, 5.41) is 6.72. The number of anilines is 3. The Morgan fingerprint density at radius 1 is 1.09 bits per heavy atom. The highest BCUT2D eigenvalue weighted by Gasteiger charge is 2.36. The number of amides is 1. The molecule has 1 amide bonds. The Morgan fingerprint density at radius 3 is 2.65 bits per heavy atom. The lowest BCUT2D eigenvalue weighted by Crippen LogP contribution is -2.55. The van der Waals surface area contributed by atoms with Crippen LogP contribution in [-0.2, 0) is 0 Å². The Labute approximate surface area is 212 Å². The highest BCUT2D eigenvalue weighted by Crippen LogP contribution is 2.36. The molecule has 3 aromatic rings. The smallest absolute Gasteiger partial charge is 0.303 e. The number of oxazole rings is 1. The highest BCUT2D eigenvalue weighted by atomic mass is 35.5. The quantitative estimate of drug-likeness (QED) is 0.524. The molecule has 7 nitrogen and oxygen atoms in total. The minimum atomic E-state index is -0.0520. The minimum absolute atomic E-state index is 0. The number of aromatic nitrogens is 1. The van der Waals surface area contributed by atoms with Crippen LogP contribution in [0.5, 0.6) is 0 Å². The third-order valence-electron chi connectivity index (χ3n) is 7.40. The maximum absolute atomic E-state index is 13.3. The van der Waals surface area contributed by atoms with Crippen molar-refractivity contribution in [2.75, 3.05) is 30.4 Å². The van der Waals surface area contributed by atoms with Gasteiger partial charge in [-0.2, -0.15) is 4.98 Å². The van der Waals surface area contributed by atoms with Gasteiger partial charge in [-0.15, -0.1) is 24.8 Å². The fraction of sp³-hybridized carbons (Fsp3) is 0.440. The lowest BCUT2D eigenvalue weighted by Gasteiger charge is -2.47. The summed E-state index contributed by atoms with van der Waals surface area (Å²) in [5.74, 6) is -0.0520. The Bertz CT molecular complexity index is 1160. The molecule has 34 heavy (non-hydrogen) atoms. The normalized spacial score (nSPS) is 23.8. The van der Waals surface area contributed by atoms with Gasteiger partial charge in [0.1, 0.15) is 5.52 Å². The summed E-state index contributed by atoms with van der Waals surface area (Å²) in [4.78, 5) is 22.7. The zero-order valence-electron chi connectivity index (χ0n) is 19.2. The van der Waals surface area contributed by atoms with Crippen molar-refractivity contribution < 1.29 is 9.21 Å². The molecule has 2 atom stereocenters. The van der Waals surface area contributed by atoms with Gasteiger partial charge < -0.3 is 20.0 Å². The average molecular weight is 504 g/mol. The van der Waals surface area contributed by atoms with Crippen LogP contribution in [0.3, 0.4) is 0 Å². The summed E-state index contributed by atoms with van der Waals surface area (Å²) in [6.45, 7) is 1.56. The van der Waals surface area contributed by atoms with Crippen LogP contribution in [0.4, 0.5) is 17.4 Å². The summed E-state index contributed by atoms with van der Waals surface area (Å²) in [7, 11) is 2.23. The zero-order valence-corrected chi connectivity index (χ0v) is 20.8. The summed E-state index contributed by atoms with van der Waals surface area (Å²) >= 11 is 0. The van der Waals surface area contributed by atoms with Crippen LogP contribution < -0.4 is 15.5 Å². The lowest BCUT2D eigenvalue weighted by molar-refractivity contribution is 0.0463. The SMILES string of the molecule is CN1C2CCCC1CC(NC(=O)c1cccc3oc(N4CCNc5ccccc54)nc13)C2.Cl.Cl. The Morgan fingerprint density at radius 2 is 1.85 bits per heavy atom. The van der Waals surface area contributed by atoms with Gasteiger partial charge in [-0.25, -0.2) is 0 Å². The number of benzene rings is 2. The molecular weight excluding hydrogens is 473 g/mol. The highest BCUT2D eigenvalue weighted by molar-refractivity contribution is 6.05. The van der Waals surface area contributed by atoms with Crippen LogP contribution in [0.15, 0.2) is 46.9 Å². The van der Waals surface area contributed by atoms with Crippen molar-refractivity contribution in [3.8, 4) is 0 Å². The first-order valence-electron chi connectivity index (χ1n) is 11.7. The molecule has 0 saturated carbocycles. The van der Waals surface area contributed by atoms with Crippen molar-refractivity contribution >= 4 is 59.2 Å². The van der Waals surface area contributed by atoms with E-state index >= 15 is 0 Å². The molecule has 0 radical (unpaired) electrons. The van der Waals surface area contributed by atoms with Gasteiger partial charge in [0, 0.05) is 31.2 Å². The standard InChI is InChI=1S/C25H29N5O2.2ClH/c1-29-17-6-4-7-18(29)15-16(14-17)27-24(31)19-8-5-11-22-23(19)28-25(32-22)30-13-12-26-20-9-2-3-10-21(20)30;;/h2-3,5,8-11,16-18,26H,4,6-7,12-15H2,1H3,(H,27,31);2*1H. The Hall–Kier alpha value is -2.48. The lowest BCUT2D eigenvalue weighted by atomic mass is 9.82. The van der Waals surface area contributed by atoms with E-state index in [9.17, 15) is 4.79 Å². The van der Waals surface area contributed by atoms with E-state index in [0.717, 1.165) is 37.3 Å². The summed E-state index contributed by atoms with van der Waals surface area (Å²) < 4.78 is 6.12. The third-order valence-corrected chi connectivity index (χ3v) is 7.40. The second-order valence-corrected chi connectivity index (χ2v) is 9.29. The molecule has 2 saturated heterocycles. The minimum Gasteiger partial charge on any atom is -0.423 e. The number of para-hydroxylation sites is 3. The van der Waals surface area contributed by atoms with Crippen molar-refractivity contribution in [2.24, 2.45) is 0 Å². The maximum Gasteiger partial charge on any atom is 0.303 e. The second-order valence-electron chi connectivity index (χ2n) is 9.29. The van der Waals surface area contributed by atoms with E-state index in [4.69, 9.17) is 9.40 Å². The van der Waals surface area contributed by atoms with Gasteiger partial charge >= 0.3 is 6.01 Å². The molecule has 6 rings (SSSR count). The van der Waals surface area contributed by atoms with Gasteiger partial charge in [-0.1, -0.05) is 24.6 Å². The van der Waals surface area contributed by atoms with Gasteiger partial charge in [0.25, 0.3) is 5.91 Å². The number of carbonyl (C=O) groups excluding carboxylic acids is 1. The van der Waals surface area contributed by atoms with Crippen LogP contribution in [0.1, 0.15) is 42.5 Å². The van der Waals surface area contributed by atoms with Crippen molar-refractivity contribution in [3.05, 3.63) is 48.0 Å². The van der Waals surface area contributed by atoms with Crippen molar-refractivity contribution in [2.45, 2.75) is 50.2 Å². The third kappa shape index (κ3) is 4.32. The van der Waals surface area contributed by atoms with E-state index < -0.39 is 0 Å². The van der Waals surface area contributed by atoms with Crippen LogP contribution >= 0.6 is 24.8 Å². The molecule has 182 valence electrons. The Kier molecular flexibility index (Phi) is 7.26. The molecule has 9 heteroatoms. The first kappa shape index (κ1) is 24.6. The number of halogens is 2. The van der Waals surface area contributed by atoms with E-state index in [1.165, 1.54) is 19.3 Å². The molecule has 3 aliphatic heterocycles. The van der Waals surface area contributed by atoms with Crippen LogP contribution in [0, 0.1) is 0 Å². The molecule has 2 fully saturated rings. The number of rotatable bonds is 3. The average Bonchev–Trinajstić information content (AvgIpc) is 3.23. The monoisotopic (exact) mass is 503 g/mol. The molecule has 1 aromatic heterocycles. The maximum atomic E-state index is 13.3. The fourth-order valence-corrected chi connectivity index (χ4v) is 5.71. The van der Waals surface area contributed by atoms with E-state index in [2.05, 4.69) is 39.6 Å². The molecule has 2 N–H and O–H groups in total. The number of carbonyl (C=O) groups is 1. The number of hydrogen-bond donors (Lipinski definition) is 2. The molecule has 4 heterocycles. The van der Waals surface area contributed by atoms with E-state index in [0.29, 0.717) is 34.8 Å². The number of nitrogens with zero attached hydrogens (tertiary/aromatic N) is 3. The van der Waals surface area contributed by atoms with Gasteiger partial charge in [-0.05, 0) is 57.0 Å². The fourth-order valence-electron chi connectivity index (χ4n) is 5.71. The van der Waals surface area contributed by atoms with E-state index in [1.54, 1.807) is 0 Å². The molecule has 2 bridgehead atoms. The van der Waals surface area contributed by atoms with Gasteiger partial charge in [-0.3, -0.25) is 9.69 Å². The number of hydrogen-bond acceptors (Lipinski definition) is 6. The van der Waals surface area contributed by atoms with Crippen molar-refractivity contribution in [3.63, 3.8) is 0 Å². The Balaban J connectivity index is 0.00000137. The van der Waals surface area contributed by atoms with E-state index in [-0.39, 0.29) is 36.8 Å². The summed E-state index contributed by atoms with van der Waals surface area (Å²) in [6.07, 6.45) is 5.81. The van der Waals surface area contributed by atoms with Crippen molar-refractivity contribution in [1.82, 2.24) is 15.2 Å². The predicted molar refractivity (Wildman–Crippen MR) is 140 cm³/mol. The van der Waals surface area contributed by atoms with Crippen LogP contribution in [0.25, 0.3) is 11.1 Å². The zero-order chi connectivity index (χ0) is 21.7. The van der Waals surface area contributed by atoms with Gasteiger partial charge in [0.15, 0.2) is 5.58 Å². The molecule has 2 aromatic carbocycles.